The summed E-state index contributed by atoms with van der Waals surface area (Å²) in [5.74, 6) is 0.655. The molecule has 46 valence electrons. The predicted octanol–water partition coefficient (Wildman–Crippen LogP) is 1.92. The van der Waals surface area contributed by atoms with Gasteiger partial charge < -0.3 is 0 Å². The van der Waals surface area contributed by atoms with E-state index in [0.717, 1.165) is 12.7 Å². The molecule has 1 unspecified atom stereocenters. The molecule has 0 aromatic rings. The second-order valence-electron chi connectivity index (χ2n) is 2.39. The van der Waals surface area contributed by atoms with Crippen molar-refractivity contribution in [1.82, 2.24) is 0 Å². The summed E-state index contributed by atoms with van der Waals surface area (Å²) in [6.45, 7) is 4.32. The molecule has 1 atom stereocenters. The minimum Gasteiger partial charge on any atom is -0.176 e. The molecule has 0 aliphatic heterocycles. The van der Waals surface area contributed by atoms with Crippen LogP contribution in [-0.4, -0.2) is 13.1 Å². The second kappa shape index (κ2) is 4.31. The van der Waals surface area contributed by atoms with E-state index in [1.807, 2.05) is 0 Å². The van der Waals surface area contributed by atoms with Crippen LogP contribution in [0.25, 0.3) is 0 Å². The molecule has 0 spiro atoms. The summed E-state index contributed by atoms with van der Waals surface area (Å²) in [6.07, 6.45) is 1.78. The average Bonchev–Trinajstić information content (AvgIpc) is 1.67. The normalized spacial score (nSPS) is 14.5. The number of rotatable bonds is 3. The van der Waals surface area contributed by atoms with Crippen LogP contribution in [0, 0.1) is 5.92 Å². The Kier molecular flexibility index (Phi) is 4.53. The molecule has 2 heteroatoms. The molecule has 0 aliphatic rings. The molecule has 0 N–H and O–H groups in total. The standard InChI is InChI=1S/C6H13BS/c1-5(2)6(8)3-4-7/h5-6,8H,3-4H2,1-2H3. The molecule has 0 aromatic heterocycles. The lowest BCUT2D eigenvalue weighted by molar-refractivity contribution is 0.597. The van der Waals surface area contributed by atoms with Crippen molar-refractivity contribution < 1.29 is 0 Å². The van der Waals surface area contributed by atoms with Gasteiger partial charge in [0.15, 0.2) is 0 Å². The Labute approximate surface area is 58.9 Å². The molecule has 0 rings (SSSR count). The van der Waals surface area contributed by atoms with Gasteiger partial charge in [0.05, 0.1) is 7.85 Å². The summed E-state index contributed by atoms with van der Waals surface area (Å²) in [4.78, 5) is 0. The van der Waals surface area contributed by atoms with E-state index in [4.69, 9.17) is 7.85 Å². The predicted molar refractivity (Wildman–Crippen MR) is 42.8 cm³/mol. The molecule has 0 aliphatic carbocycles. The van der Waals surface area contributed by atoms with E-state index < -0.39 is 0 Å². The zero-order chi connectivity index (χ0) is 6.57. The van der Waals surface area contributed by atoms with Gasteiger partial charge >= 0.3 is 0 Å². The number of hydrogen-bond acceptors (Lipinski definition) is 1. The van der Waals surface area contributed by atoms with Crippen molar-refractivity contribution in [1.29, 1.82) is 0 Å². The van der Waals surface area contributed by atoms with Gasteiger partial charge in [-0.25, -0.2) is 0 Å². The third-order valence-corrected chi connectivity index (χ3v) is 2.09. The molecule has 0 fully saturated rings. The lowest BCUT2D eigenvalue weighted by atomic mass is 9.96. The van der Waals surface area contributed by atoms with Gasteiger partial charge in [-0.05, 0) is 12.3 Å². The van der Waals surface area contributed by atoms with E-state index in [9.17, 15) is 0 Å². The van der Waals surface area contributed by atoms with Crippen LogP contribution in [0.15, 0.2) is 0 Å². The van der Waals surface area contributed by atoms with Crippen molar-refractivity contribution in [2.45, 2.75) is 31.8 Å². The lowest BCUT2D eigenvalue weighted by Gasteiger charge is -2.11. The summed E-state index contributed by atoms with van der Waals surface area (Å²) >= 11 is 4.32. The minimum atomic E-state index is 0.486. The first-order valence-corrected chi connectivity index (χ1v) is 3.58. The number of hydrogen-bond donors (Lipinski definition) is 1. The smallest absolute Gasteiger partial charge is 0.0653 e. The monoisotopic (exact) mass is 128 g/mol. The zero-order valence-corrected chi connectivity index (χ0v) is 6.49. The molecular formula is C6H13BS. The van der Waals surface area contributed by atoms with Gasteiger partial charge in [0.2, 0.25) is 0 Å². The number of thiol groups is 1. The zero-order valence-electron chi connectivity index (χ0n) is 5.59. The van der Waals surface area contributed by atoms with Gasteiger partial charge in [-0.1, -0.05) is 20.2 Å². The average molecular weight is 128 g/mol. The fourth-order valence-electron chi connectivity index (χ4n) is 0.504. The Bertz CT molecular complexity index is 54.5. The first-order valence-electron chi connectivity index (χ1n) is 3.06. The molecule has 0 aromatic carbocycles. The molecule has 0 nitrogen and oxygen atoms in total. The van der Waals surface area contributed by atoms with Gasteiger partial charge in [-0.2, -0.15) is 12.6 Å². The SMILES string of the molecule is [B]CCC(S)C(C)C. The second-order valence-corrected chi connectivity index (χ2v) is 3.05. The minimum absolute atomic E-state index is 0.486. The molecular weight excluding hydrogens is 115 g/mol. The van der Waals surface area contributed by atoms with E-state index >= 15 is 0 Å². The van der Waals surface area contributed by atoms with Gasteiger partial charge in [-0.3, -0.25) is 0 Å². The maximum absolute atomic E-state index is 5.32. The first kappa shape index (κ1) is 8.41. The van der Waals surface area contributed by atoms with Crippen molar-refractivity contribution in [2.75, 3.05) is 0 Å². The van der Waals surface area contributed by atoms with Crippen molar-refractivity contribution in [3.8, 4) is 0 Å². The highest BCUT2D eigenvalue weighted by molar-refractivity contribution is 7.81. The van der Waals surface area contributed by atoms with Crippen LogP contribution in [-0.2, 0) is 0 Å². The van der Waals surface area contributed by atoms with Crippen LogP contribution < -0.4 is 0 Å². The largest absolute Gasteiger partial charge is 0.176 e. The topological polar surface area (TPSA) is 0 Å². The Morgan fingerprint density at radius 3 is 2.12 bits per heavy atom. The first-order chi connectivity index (χ1) is 3.68. The Morgan fingerprint density at radius 2 is 2.00 bits per heavy atom. The van der Waals surface area contributed by atoms with Crippen molar-refractivity contribution in [2.24, 2.45) is 5.92 Å². The fourth-order valence-corrected chi connectivity index (χ4v) is 0.653. The van der Waals surface area contributed by atoms with E-state index in [1.54, 1.807) is 0 Å². The maximum atomic E-state index is 5.32. The summed E-state index contributed by atoms with van der Waals surface area (Å²) in [7, 11) is 5.32. The Hall–Kier alpha value is 0.415. The van der Waals surface area contributed by atoms with Crippen molar-refractivity contribution in [3.05, 3.63) is 0 Å². The van der Waals surface area contributed by atoms with Gasteiger partial charge in [0.1, 0.15) is 0 Å². The van der Waals surface area contributed by atoms with Crippen molar-refractivity contribution >= 4 is 20.5 Å². The molecule has 0 saturated carbocycles. The Morgan fingerprint density at radius 1 is 1.50 bits per heavy atom. The van der Waals surface area contributed by atoms with Crippen LogP contribution in [0.3, 0.4) is 0 Å². The van der Waals surface area contributed by atoms with E-state index in [2.05, 4.69) is 26.5 Å². The quantitative estimate of drug-likeness (QED) is 0.435. The van der Waals surface area contributed by atoms with Crippen LogP contribution >= 0.6 is 12.6 Å². The highest BCUT2D eigenvalue weighted by Gasteiger charge is 2.04. The van der Waals surface area contributed by atoms with Crippen molar-refractivity contribution in [3.63, 3.8) is 0 Å². The van der Waals surface area contributed by atoms with Gasteiger partial charge in [-0.15, -0.1) is 0 Å². The molecule has 8 heavy (non-hydrogen) atoms. The van der Waals surface area contributed by atoms with Crippen LogP contribution in [0.4, 0.5) is 0 Å². The maximum Gasteiger partial charge on any atom is 0.0653 e. The third kappa shape index (κ3) is 3.42. The van der Waals surface area contributed by atoms with E-state index in [1.165, 1.54) is 0 Å². The summed E-state index contributed by atoms with van der Waals surface area (Å²) in [5, 5.41) is 0.486. The van der Waals surface area contributed by atoms with E-state index in [0.29, 0.717) is 11.2 Å². The highest BCUT2D eigenvalue weighted by atomic mass is 32.1. The third-order valence-electron chi connectivity index (χ3n) is 1.23. The summed E-state index contributed by atoms with van der Waals surface area (Å²) in [6, 6.07) is 0. The van der Waals surface area contributed by atoms with E-state index in [-0.39, 0.29) is 0 Å². The van der Waals surface area contributed by atoms with Gasteiger partial charge in [0.25, 0.3) is 0 Å². The lowest BCUT2D eigenvalue weighted by Crippen LogP contribution is -2.06. The van der Waals surface area contributed by atoms with Crippen LogP contribution in [0.2, 0.25) is 6.32 Å². The summed E-state index contributed by atoms with van der Waals surface area (Å²) in [5.41, 5.74) is 0. The molecule has 0 saturated heterocycles. The summed E-state index contributed by atoms with van der Waals surface area (Å²) < 4.78 is 0. The fraction of sp³-hybridized carbons (Fsp3) is 1.00. The molecule has 0 heterocycles. The van der Waals surface area contributed by atoms with Crippen LogP contribution in [0.5, 0.6) is 0 Å². The highest BCUT2D eigenvalue weighted by Crippen LogP contribution is 2.13. The Balaban J connectivity index is 3.17. The molecule has 0 bridgehead atoms. The molecule has 0 amide bonds. The molecule has 2 radical (unpaired) electrons. The van der Waals surface area contributed by atoms with Crippen LogP contribution in [0.1, 0.15) is 20.3 Å². The van der Waals surface area contributed by atoms with Gasteiger partial charge in [0, 0.05) is 5.25 Å².